The number of hydrogen-bond donors (Lipinski definition) is 1. The van der Waals surface area contributed by atoms with Crippen molar-refractivity contribution in [2.75, 3.05) is 24.5 Å². The van der Waals surface area contributed by atoms with E-state index < -0.39 is 0 Å². The molecule has 0 radical (unpaired) electrons. The van der Waals surface area contributed by atoms with Gasteiger partial charge in [0.1, 0.15) is 0 Å². The molecule has 1 atom stereocenters. The first-order valence-electron chi connectivity index (χ1n) is 6.89. The molecular formula is C16H16N2O. The van der Waals surface area contributed by atoms with Gasteiger partial charge in [-0.25, -0.2) is 0 Å². The van der Waals surface area contributed by atoms with Gasteiger partial charge in [-0.3, -0.25) is 4.79 Å². The minimum absolute atomic E-state index is 0.165. The maximum atomic E-state index is 12.6. The van der Waals surface area contributed by atoms with Crippen molar-refractivity contribution >= 4 is 22.4 Å². The van der Waals surface area contributed by atoms with Gasteiger partial charge in [-0.1, -0.05) is 24.3 Å². The maximum absolute atomic E-state index is 12.6. The largest absolute Gasteiger partial charge is 0.316 e. The van der Waals surface area contributed by atoms with Gasteiger partial charge in [0.2, 0.25) is 0 Å². The van der Waals surface area contributed by atoms with Gasteiger partial charge >= 0.3 is 0 Å². The molecule has 0 spiro atoms. The maximum Gasteiger partial charge on any atom is 0.259 e. The second kappa shape index (κ2) is 4.07. The predicted molar refractivity (Wildman–Crippen MR) is 76.6 cm³/mol. The predicted octanol–water partition coefficient (Wildman–Crippen LogP) is 2.41. The van der Waals surface area contributed by atoms with E-state index in [-0.39, 0.29) is 5.91 Å². The van der Waals surface area contributed by atoms with E-state index in [0.717, 1.165) is 48.1 Å². The Hall–Kier alpha value is -1.87. The van der Waals surface area contributed by atoms with Crippen LogP contribution in [-0.2, 0) is 0 Å². The van der Waals surface area contributed by atoms with Gasteiger partial charge < -0.3 is 10.2 Å². The van der Waals surface area contributed by atoms with Gasteiger partial charge in [0.25, 0.3) is 5.91 Å². The molecule has 1 N–H and O–H groups in total. The van der Waals surface area contributed by atoms with Gasteiger partial charge in [0, 0.05) is 17.5 Å². The Morgan fingerprint density at radius 3 is 2.84 bits per heavy atom. The van der Waals surface area contributed by atoms with Gasteiger partial charge in [-0.2, -0.15) is 0 Å². The Morgan fingerprint density at radius 2 is 2.05 bits per heavy atom. The van der Waals surface area contributed by atoms with Crippen molar-refractivity contribution in [1.29, 1.82) is 0 Å². The molecule has 1 fully saturated rings. The Labute approximate surface area is 112 Å². The van der Waals surface area contributed by atoms with Gasteiger partial charge in [-0.05, 0) is 42.9 Å². The number of nitrogens with zero attached hydrogens (tertiary/aromatic N) is 1. The lowest BCUT2D eigenvalue weighted by Gasteiger charge is -2.21. The van der Waals surface area contributed by atoms with E-state index >= 15 is 0 Å². The Bertz CT molecular complexity index is 654. The van der Waals surface area contributed by atoms with E-state index in [0.29, 0.717) is 5.92 Å². The van der Waals surface area contributed by atoms with Crippen LogP contribution < -0.4 is 10.2 Å². The highest BCUT2D eigenvalue weighted by Gasteiger charge is 2.31. The van der Waals surface area contributed by atoms with E-state index in [4.69, 9.17) is 0 Å². The fourth-order valence-corrected chi connectivity index (χ4v) is 3.29. The van der Waals surface area contributed by atoms with Crippen molar-refractivity contribution < 1.29 is 4.79 Å². The summed E-state index contributed by atoms with van der Waals surface area (Å²) in [5.74, 6) is 0.743. The van der Waals surface area contributed by atoms with E-state index in [2.05, 4.69) is 23.5 Å². The van der Waals surface area contributed by atoms with Crippen LogP contribution in [0.5, 0.6) is 0 Å². The third-order valence-electron chi connectivity index (χ3n) is 4.25. The van der Waals surface area contributed by atoms with Crippen LogP contribution in [0.1, 0.15) is 16.8 Å². The van der Waals surface area contributed by atoms with E-state index in [1.165, 1.54) is 0 Å². The molecule has 1 amide bonds. The molecule has 0 aromatic heterocycles. The summed E-state index contributed by atoms with van der Waals surface area (Å²) in [6.45, 7) is 2.93. The van der Waals surface area contributed by atoms with Crippen molar-refractivity contribution in [3.05, 3.63) is 42.0 Å². The lowest BCUT2D eigenvalue weighted by Crippen LogP contribution is -2.33. The lowest BCUT2D eigenvalue weighted by molar-refractivity contribution is 0.0990. The third-order valence-corrected chi connectivity index (χ3v) is 4.25. The zero-order chi connectivity index (χ0) is 12.8. The molecule has 1 unspecified atom stereocenters. The number of anilines is 1. The summed E-state index contributed by atoms with van der Waals surface area (Å²) in [5, 5.41) is 5.66. The molecule has 19 heavy (non-hydrogen) atoms. The Morgan fingerprint density at radius 1 is 1.21 bits per heavy atom. The van der Waals surface area contributed by atoms with Gasteiger partial charge in [0.05, 0.1) is 5.69 Å². The quantitative estimate of drug-likeness (QED) is 0.890. The third kappa shape index (κ3) is 1.58. The minimum Gasteiger partial charge on any atom is -0.316 e. The lowest BCUT2D eigenvalue weighted by atomic mass is 10.1. The highest BCUT2D eigenvalue weighted by atomic mass is 16.2. The summed E-state index contributed by atoms with van der Waals surface area (Å²) >= 11 is 0. The summed E-state index contributed by atoms with van der Waals surface area (Å²) < 4.78 is 0. The number of carbonyl (C=O) groups is 1. The van der Waals surface area contributed by atoms with Crippen LogP contribution in [0.15, 0.2) is 36.4 Å². The van der Waals surface area contributed by atoms with E-state index in [1.54, 1.807) is 0 Å². The summed E-state index contributed by atoms with van der Waals surface area (Å²) in [7, 11) is 0. The van der Waals surface area contributed by atoms with E-state index in [9.17, 15) is 4.79 Å². The van der Waals surface area contributed by atoms with Crippen molar-refractivity contribution in [2.45, 2.75) is 6.42 Å². The zero-order valence-electron chi connectivity index (χ0n) is 10.7. The molecule has 1 saturated heterocycles. The molecule has 4 rings (SSSR count). The SMILES string of the molecule is O=C1c2cccc3cccc(c23)N1CC1CCNC1. The van der Waals surface area contributed by atoms with Crippen LogP contribution in [0, 0.1) is 5.92 Å². The number of benzene rings is 2. The standard InChI is InChI=1S/C16H16N2O/c19-16-13-5-1-3-12-4-2-6-14(15(12)13)18(16)10-11-7-8-17-9-11/h1-6,11,17H,7-10H2. The summed E-state index contributed by atoms with van der Waals surface area (Å²) in [5.41, 5.74) is 1.95. The first kappa shape index (κ1) is 11.0. The molecule has 2 aromatic carbocycles. The molecule has 96 valence electrons. The van der Waals surface area contributed by atoms with Crippen LogP contribution >= 0.6 is 0 Å². The topological polar surface area (TPSA) is 32.3 Å². The average Bonchev–Trinajstić information content (AvgIpc) is 3.04. The second-order valence-electron chi connectivity index (χ2n) is 5.46. The molecule has 2 aromatic rings. The number of nitrogens with one attached hydrogen (secondary N) is 1. The van der Waals surface area contributed by atoms with Gasteiger partial charge in [-0.15, -0.1) is 0 Å². The summed E-state index contributed by atoms with van der Waals surface area (Å²) in [6, 6.07) is 12.2. The molecule has 0 saturated carbocycles. The number of carbonyl (C=O) groups excluding carboxylic acids is 1. The van der Waals surface area contributed by atoms with Crippen molar-refractivity contribution in [2.24, 2.45) is 5.92 Å². The first-order valence-corrected chi connectivity index (χ1v) is 6.89. The van der Waals surface area contributed by atoms with Crippen LogP contribution in [0.3, 0.4) is 0 Å². The molecule has 0 aliphatic carbocycles. The van der Waals surface area contributed by atoms with Crippen LogP contribution in [0.4, 0.5) is 5.69 Å². The number of amides is 1. The highest BCUT2D eigenvalue weighted by Crippen LogP contribution is 2.37. The molecule has 0 bridgehead atoms. The smallest absolute Gasteiger partial charge is 0.259 e. The van der Waals surface area contributed by atoms with Gasteiger partial charge in [0.15, 0.2) is 0 Å². The van der Waals surface area contributed by atoms with E-state index in [1.807, 2.05) is 23.1 Å². The second-order valence-corrected chi connectivity index (χ2v) is 5.46. The molecule has 2 aliphatic rings. The fourth-order valence-electron chi connectivity index (χ4n) is 3.29. The van der Waals surface area contributed by atoms with Crippen molar-refractivity contribution in [3.8, 4) is 0 Å². The Balaban J connectivity index is 1.79. The van der Waals surface area contributed by atoms with Crippen LogP contribution in [0.25, 0.3) is 10.8 Å². The normalized spacial score (nSPS) is 21.6. The highest BCUT2D eigenvalue weighted by molar-refractivity contribution is 6.25. The average molecular weight is 252 g/mol. The Kier molecular flexibility index (Phi) is 2.35. The molecule has 3 nitrogen and oxygen atoms in total. The monoisotopic (exact) mass is 252 g/mol. The number of hydrogen-bond acceptors (Lipinski definition) is 2. The van der Waals surface area contributed by atoms with Crippen LogP contribution in [0.2, 0.25) is 0 Å². The van der Waals surface area contributed by atoms with Crippen molar-refractivity contribution in [3.63, 3.8) is 0 Å². The fraction of sp³-hybridized carbons (Fsp3) is 0.312. The minimum atomic E-state index is 0.165. The molecule has 2 aliphatic heterocycles. The van der Waals surface area contributed by atoms with Crippen LogP contribution in [-0.4, -0.2) is 25.5 Å². The molecular weight excluding hydrogens is 236 g/mol. The first-order chi connectivity index (χ1) is 9.34. The van der Waals surface area contributed by atoms with Crippen molar-refractivity contribution in [1.82, 2.24) is 5.32 Å². The zero-order valence-corrected chi connectivity index (χ0v) is 10.7. The molecule has 2 heterocycles. The number of rotatable bonds is 2. The molecule has 3 heteroatoms. The summed E-state index contributed by atoms with van der Waals surface area (Å²) in [4.78, 5) is 14.5. The summed E-state index contributed by atoms with van der Waals surface area (Å²) in [6.07, 6.45) is 1.16.